The van der Waals surface area contributed by atoms with E-state index in [2.05, 4.69) is 10.0 Å². The van der Waals surface area contributed by atoms with Crippen molar-refractivity contribution < 1.29 is 17.9 Å². The predicted octanol–water partition coefficient (Wildman–Crippen LogP) is 3.33. The van der Waals surface area contributed by atoms with Gasteiger partial charge in [0.15, 0.2) is 0 Å². The van der Waals surface area contributed by atoms with Crippen molar-refractivity contribution in [2.45, 2.75) is 38.1 Å². The quantitative estimate of drug-likeness (QED) is 0.776. The molecule has 0 bridgehead atoms. The van der Waals surface area contributed by atoms with Gasteiger partial charge in [-0.05, 0) is 68.3 Å². The van der Waals surface area contributed by atoms with E-state index in [1.807, 2.05) is 13.8 Å². The van der Waals surface area contributed by atoms with Gasteiger partial charge in [-0.3, -0.25) is 9.52 Å². The Labute approximate surface area is 154 Å². The topological polar surface area (TPSA) is 84.5 Å². The number of hydrogen-bond donors (Lipinski definition) is 2. The Hall–Kier alpha value is -2.54. The Balaban J connectivity index is 2.19. The van der Waals surface area contributed by atoms with Gasteiger partial charge >= 0.3 is 0 Å². The van der Waals surface area contributed by atoms with E-state index in [9.17, 15) is 13.2 Å². The second kappa shape index (κ2) is 8.23. The number of benzene rings is 2. The average Bonchev–Trinajstić information content (AvgIpc) is 2.63. The van der Waals surface area contributed by atoms with Crippen LogP contribution < -0.4 is 14.8 Å². The first-order valence-corrected chi connectivity index (χ1v) is 9.83. The van der Waals surface area contributed by atoms with Crippen LogP contribution in [-0.2, 0) is 10.0 Å². The minimum Gasteiger partial charge on any atom is -0.497 e. The van der Waals surface area contributed by atoms with Gasteiger partial charge in [-0.2, -0.15) is 0 Å². The fourth-order valence-corrected chi connectivity index (χ4v) is 3.42. The van der Waals surface area contributed by atoms with Crippen LogP contribution in [-0.4, -0.2) is 27.5 Å². The van der Waals surface area contributed by atoms with Crippen LogP contribution in [0.15, 0.2) is 47.4 Å². The summed E-state index contributed by atoms with van der Waals surface area (Å²) in [6, 6.07) is 11.1. The molecule has 0 saturated carbocycles. The first-order chi connectivity index (χ1) is 12.3. The number of carbonyl (C=O) groups is 1. The van der Waals surface area contributed by atoms with Crippen molar-refractivity contribution >= 4 is 21.6 Å². The number of amides is 1. The van der Waals surface area contributed by atoms with Gasteiger partial charge in [0.25, 0.3) is 15.9 Å². The van der Waals surface area contributed by atoms with E-state index in [0.29, 0.717) is 22.6 Å². The molecule has 2 rings (SSSR count). The number of nitrogens with one attached hydrogen (secondary N) is 2. The van der Waals surface area contributed by atoms with Gasteiger partial charge in [-0.1, -0.05) is 6.92 Å². The first kappa shape index (κ1) is 19.8. The zero-order valence-electron chi connectivity index (χ0n) is 15.4. The number of hydrogen-bond acceptors (Lipinski definition) is 4. The molecular formula is C19H24N2O4S. The zero-order chi connectivity index (χ0) is 19.3. The number of aryl methyl sites for hydroxylation is 1. The molecule has 0 aliphatic carbocycles. The molecule has 0 heterocycles. The van der Waals surface area contributed by atoms with Gasteiger partial charge < -0.3 is 10.1 Å². The highest BCUT2D eigenvalue weighted by atomic mass is 32.2. The lowest BCUT2D eigenvalue weighted by molar-refractivity contribution is 0.0939. The first-order valence-electron chi connectivity index (χ1n) is 8.35. The molecule has 0 fully saturated rings. The summed E-state index contributed by atoms with van der Waals surface area (Å²) < 4.78 is 32.6. The summed E-state index contributed by atoms with van der Waals surface area (Å²) in [5.74, 6) is 0.406. The third-order valence-corrected chi connectivity index (χ3v) is 5.47. The lowest BCUT2D eigenvalue weighted by Crippen LogP contribution is -2.31. The fourth-order valence-electron chi connectivity index (χ4n) is 2.29. The van der Waals surface area contributed by atoms with Crippen LogP contribution in [0.5, 0.6) is 5.75 Å². The van der Waals surface area contributed by atoms with E-state index >= 15 is 0 Å². The minimum absolute atomic E-state index is 0.0797. The summed E-state index contributed by atoms with van der Waals surface area (Å²) in [5, 5.41) is 2.89. The standard InChI is InChI=1S/C19H24N2O4S/c1-5-14(3)20-19(22)15-6-11-18(13(2)12-15)21-26(23,24)17-9-7-16(25-4)8-10-17/h6-12,14,21H,5H2,1-4H3,(H,20,22)/t14-/m0/s1. The smallest absolute Gasteiger partial charge is 0.261 e. The van der Waals surface area contributed by atoms with Crippen LogP contribution in [0.1, 0.15) is 36.2 Å². The molecule has 2 aromatic rings. The lowest BCUT2D eigenvalue weighted by atomic mass is 10.1. The Morgan fingerprint density at radius 1 is 1.15 bits per heavy atom. The van der Waals surface area contributed by atoms with Gasteiger partial charge in [-0.25, -0.2) is 8.42 Å². The highest BCUT2D eigenvalue weighted by molar-refractivity contribution is 7.92. The van der Waals surface area contributed by atoms with E-state index in [1.54, 1.807) is 37.3 Å². The number of ether oxygens (including phenoxy) is 1. The van der Waals surface area contributed by atoms with Gasteiger partial charge in [0.05, 0.1) is 17.7 Å². The molecule has 140 valence electrons. The monoisotopic (exact) mass is 376 g/mol. The number of rotatable bonds is 7. The summed E-state index contributed by atoms with van der Waals surface area (Å²) in [5.41, 5.74) is 1.59. The summed E-state index contributed by atoms with van der Waals surface area (Å²) >= 11 is 0. The third kappa shape index (κ3) is 4.76. The fraction of sp³-hybridized carbons (Fsp3) is 0.316. The number of sulfonamides is 1. The molecule has 1 amide bonds. The molecule has 2 aromatic carbocycles. The molecule has 2 N–H and O–H groups in total. The van der Waals surface area contributed by atoms with Crippen LogP contribution in [0, 0.1) is 6.92 Å². The van der Waals surface area contributed by atoms with Crippen LogP contribution in [0.3, 0.4) is 0 Å². The van der Waals surface area contributed by atoms with E-state index in [1.165, 1.54) is 19.2 Å². The summed E-state index contributed by atoms with van der Waals surface area (Å²) in [6.07, 6.45) is 0.838. The van der Waals surface area contributed by atoms with Gasteiger partial charge in [0.1, 0.15) is 5.75 Å². The maximum absolute atomic E-state index is 12.5. The van der Waals surface area contributed by atoms with E-state index in [-0.39, 0.29) is 16.8 Å². The summed E-state index contributed by atoms with van der Waals surface area (Å²) in [4.78, 5) is 12.3. The van der Waals surface area contributed by atoms with Gasteiger partial charge in [0, 0.05) is 11.6 Å². The molecule has 1 atom stereocenters. The molecule has 7 heteroatoms. The minimum atomic E-state index is -3.72. The molecule has 0 aromatic heterocycles. The zero-order valence-corrected chi connectivity index (χ0v) is 16.2. The normalized spacial score (nSPS) is 12.3. The van der Waals surface area contributed by atoms with Crippen molar-refractivity contribution in [3.63, 3.8) is 0 Å². The van der Waals surface area contributed by atoms with E-state index in [4.69, 9.17) is 4.74 Å². The number of carbonyl (C=O) groups excluding carboxylic acids is 1. The average molecular weight is 376 g/mol. The predicted molar refractivity (Wildman–Crippen MR) is 102 cm³/mol. The summed E-state index contributed by atoms with van der Waals surface area (Å²) in [7, 11) is -2.21. The van der Waals surface area contributed by atoms with Crippen LogP contribution in [0.25, 0.3) is 0 Å². The second-order valence-corrected chi connectivity index (χ2v) is 7.78. The van der Waals surface area contributed by atoms with Gasteiger partial charge in [0.2, 0.25) is 0 Å². The molecule has 0 radical (unpaired) electrons. The molecule has 0 aliphatic heterocycles. The summed E-state index contributed by atoms with van der Waals surface area (Å²) in [6.45, 7) is 5.68. The van der Waals surface area contributed by atoms with Crippen molar-refractivity contribution in [3.8, 4) is 5.75 Å². The molecule has 26 heavy (non-hydrogen) atoms. The Morgan fingerprint density at radius 3 is 2.35 bits per heavy atom. The Bertz CT molecular complexity index is 877. The lowest BCUT2D eigenvalue weighted by Gasteiger charge is -2.14. The molecule has 0 saturated heterocycles. The molecule has 0 aliphatic rings. The number of anilines is 1. The third-order valence-electron chi connectivity index (χ3n) is 4.09. The Kier molecular flexibility index (Phi) is 6.26. The van der Waals surface area contributed by atoms with Crippen molar-refractivity contribution in [2.24, 2.45) is 0 Å². The highest BCUT2D eigenvalue weighted by Crippen LogP contribution is 2.22. The second-order valence-electron chi connectivity index (χ2n) is 6.09. The van der Waals surface area contributed by atoms with Crippen LogP contribution in [0.2, 0.25) is 0 Å². The van der Waals surface area contributed by atoms with E-state index < -0.39 is 10.0 Å². The van der Waals surface area contributed by atoms with Gasteiger partial charge in [-0.15, -0.1) is 0 Å². The molecule has 0 spiro atoms. The molecule has 0 unspecified atom stereocenters. The molecule has 6 nitrogen and oxygen atoms in total. The van der Waals surface area contributed by atoms with Crippen LogP contribution in [0.4, 0.5) is 5.69 Å². The largest absolute Gasteiger partial charge is 0.497 e. The highest BCUT2D eigenvalue weighted by Gasteiger charge is 2.16. The van der Waals surface area contributed by atoms with Crippen molar-refractivity contribution in [2.75, 3.05) is 11.8 Å². The SMILES string of the molecule is CC[C@H](C)NC(=O)c1ccc(NS(=O)(=O)c2ccc(OC)cc2)c(C)c1. The van der Waals surface area contributed by atoms with Crippen molar-refractivity contribution in [3.05, 3.63) is 53.6 Å². The van der Waals surface area contributed by atoms with Crippen LogP contribution >= 0.6 is 0 Å². The molecular weight excluding hydrogens is 352 g/mol. The van der Waals surface area contributed by atoms with Crippen molar-refractivity contribution in [1.29, 1.82) is 0 Å². The van der Waals surface area contributed by atoms with E-state index in [0.717, 1.165) is 6.42 Å². The maximum atomic E-state index is 12.5. The maximum Gasteiger partial charge on any atom is 0.261 e. The number of methoxy groups -OCH3 is 1. The Morgan fingerprint density at radius 2 is 1.81 bits per heavy atom. The van der Waals surface area contributed by atoms with Crippen molar-refractivity contribution in [1.82, 2.24) is 5.32 Å².